The van der Waals surface area contributed by atoms with Crippen LogP contribution in [0.5, 0.6) is 0 Å². The van der Waals surface area contributed by atoms with Crippen LogP contribution in [0.4, 0.5) is 11.4 Å². The molecule has 0 saturated carbocycles. The van der Waals surface area contributed by atoms with Crippen molar-refractivity contribution >= 4 is 27.6 Å². The van der Waals surface area contributed by atoms with Gasteiger partial charge in [-0.2, -0.15) is 5.10 Å². The number of aryl methyl sites for hydroxylation is 2. The van der Waals surface area contributed by atoms with Gasteiger partial charge in [0.2, 0.25) is 0 Å². The van der Waals surface area contributed by atoms with Crippen molar-refractivity contribution in [3.63, 3.8) is 0 Å². The lowest BCUT2D eigenvalue weighted by Crippen LogP contribution is -2.12. The summed E-state index contributed by atoms with van der Waals surface area (Å²) in [6.45, 7) is 3.95. The maximum atomic E-state index is 12.4. The predicted octanol–water partition coefficient (Wildman–Crippen LogP) is 4.55. The molecule has 0 bridgehead atoms. The summed E-state index contributed by atoms with van der Waals surface area (Å²) in [6.07, 6.45) is 1.73. The molecule has 6 heteroatoms. The maximum absolute atomic E-state index is 12.4. The largest absolute Gasteiger partial charge is 0.280 e. The molecule has 0 heterocycles. The normalized spacial score (nSPS) is 11.5. The van der Waals surface area contributed by atoms with Crippen molar-refractivity contribution in [3.8, 4) is 0 Å². The van der Waals surface area contributed by atoms with Crippen LogP contribution in [-0.2, 0) is 10.0 Å². The zero-order chi connectivity index (χ0) is 19.3. The Hall–Kier alpha value is -3.12. The quantitative estimate of drug-likeness (QED) is 0.487. The van der Waals surface area contributed by atoms with Crippen molar-refractivity contribution in [2.24, 2.45) is 5.10 Å². The lowest BCUT2D eigenvalue weighted by Gasteiger charge is -2.09. The molecular weight excluding hydrogens is 358 g/mol. The summed E-state index contributed by atoms with van der Waals surface area (Å²) in [4.78, 5) is 0.234. The number of nitrogens with one attached hydrogen (secondary N) is 2. The van der Waals surface area contributed by atoms with Gasteiger partial charge in [-0.1, -0.05) is 47.5 Å². The standard InChI is InChI=1S/C21H21N3O2S/c1-16-3-7-18(8-4-16)15-22-23-19-9-11-20(12-10-19)24-27(25,26)21-13-5-17(2)6-14-21/h3-15,23-24H,1-2H3/b22-15+. The lowest BCUT2D eigenvalue weighted by molar-refractivity contribution is 0.601. The molecule has 3 aromatic carbocycles. The molecule has 0 aliphatic rings. The van der Waals surface area contributed by atoms with Crippen LogP contribution in [0.2, 0.25) is 0 Å². The molecule has 2 N–H and O–H groups in total. The second kappa shape index (κ2) is 8.05. The monoisotopic (exact) mass is 379 g/mol. The number of rotatable bonds is 6. The number of benzene rings is 3. The molecule has 27 heavy (non-hydrogen) atoms. The number of hydrazone groups is 1. The maximum Gasteiger partial charge on any atom is 0.261 e. The Labute approximate surface area is 159 Å². The summed E-state index contributed by atoms with van der Waals surface area (Å²) in [6, 6.07) is 21.7. The minimum Gasteiger partial charge on any atom is -0.280 e. The van der Waals surface area contributed by atoms with Crippen molar-refractivity contribution in [2.75, 3.05) is 10.1 Å². The highest BCUT2D eigenvalue weighted by Gasteiger charge is 2.13. The second-order valence-corrected chi connectivity index (χ2v) is 7.96. The van der Waals surface area contributed by atoms with E-state index in [-0.39, 0.29) is 4.90 Å². The van der Waals surface area contributed by atoms with Gasteiger partial charge in [-0.25, -0.2) is 8.42 Å². The topological polar surface area (TPSA) is 70.6 Å². The van der Waals surface area contributed by atoms with Crippen LogP contribution >= 0.6 is 0 Å². The molecule has 0 fully saturated rings. The molecule has 5 nitrogen and oxygen atoms in total. The molecule has 0 aromatic heterocycles. The summed E-state index contributed by atoms with van der Waals surface area (Å²) in [5, 5.41) is 4.19. The number of hydrogen-bond donors (Lipinski definition) is 2. The van der Waals surface area contributed by atoms with Crippen molar-refractivity contribution in [1.29, 1.82) is 0 Å². The van der Waals surface area contributed by atoms with Crippen LogP contribution in [0.3, 0.4) is 0 Å². The van der Waals surface area contributed by atoms with Gasteiger partial charge in [0.25, 0.3) is 10.0 Å². The fraction of sp³-hybridized carbons (Fsp3) is 0.0952. The van der Waals surface area contributed by atoms with E-state index in [0.29, 0.717) is 5.69 Å². The van der Waals surface area contributed by atoms with Crippen LogP contribution in [0.15, 0.2) is 82.8 Å². The van der Waals surface area contributed by atoms with E-state index in [1.54, 1.807) is 54.7 Å². The minimum absolute atomic E-state index is 0.234. The number of sulfonamides is 1. The summed E-state index contributed by atoms with van der Waals surface area (Å²) < 4.78 is 27.4. The van der Waals surface area contributed by atoms with Gasteiger partial charge in [-0.3, -0.25) is 10.1 Å². The molecule has 0 saturated heterocycles. The van der Waals surface area contributed by atoms with Gasteiger partial charge < -0.3 is 0 Å². The van der Waals surface area contributed by atoms with Crippen molar-refractivity contribution in [2.45, 2.75) is 18.7 Å². The zero-order valence-corrected chi connectivity index (χ0v) is 16.0. The van der Waals surface area contributed by atoms with E-state index < -0.39 is 10.0 Å². The molecule has 0 unspecified atom stereocenters. The number of nitrogens with zero attached hydrogens (tertiary/aromatic N) is 1. The lowest BCUT2D eigenvalue weighted by atomic mass is 10.2. The van der Waals surface area contributed by atoms with Gasteiger partial charge in [-0.15, -0.1) is 0 Å². The molecule has 0 aliphatic heterocycles. The third kappa shape index (κ3) is 5.18. The van der Waals surface area contributed by atoms with Gasteiger partial charge in [0.1, 0.15) is 0 Å². The summed E-state index contributed by atoms with van der Waals surface area (Å²) in [5.74, 6) is 0. The fourth-order valence-corrected chi connectivity index (χ4v) is 3.44. The van der Waals surface area contributed by atoms with Gasteiger partial charge in [0, 0.05) is 5.69 Å². The average molecular weight is 379 g/mol. The first kappa shape index (κ1) is 18.7. The summed E-state index contributed by atoms with van der Waals surface area (Å²) in [7, 11) is -3.60. The SMILES string of the molecule is Cc1ccc(/C=N/Nc2ccc(NS(=O)(=O)c3ccc(C)cc3)cc2)cc1. The van der Waals surface area contributed by atoms with Crippen molar-refractivity contribution in [3.05, 3.63) is 89.5 Å². The molecule has 3 aromatic rings. The first-order valence-electron chi connectivity index (χ1n) is 8.48. The van der Waals surface area contributed by atoms with E-state index in [0.717, 1.165) is 16.8 Å². The average Bonchev–Trinajstić information content (AvgIpc) is 2.65. The number of hydrogen-bond acceptors (Lipinski definition) is 4. The molecule has 0 aliphatic carbocycles. The van der Waals surface area contributed by atoms with Crippen LogP contribution in [0.25, 0.3) is 0 Å². The van der Waals surface area contributed by atoms with Crippen LogP contribution in [-0.4, -0.2) is 14.6 Å². The zero-order valence-electron chi connectivity index (χ0n) is 15.2. The Balaban J connectivity index is 1.63. The van der Waals surface area contributed by atoms with E-state index in [1.165, 1.54) is 5.56 Å². The molecular formula is C21H21N3O2S. The molecule has 0 amide bonds. The Bertz CT molecular complexity index is 1020. The van der Waals surface area contributed by atoms with Gasteiger partial charge in [0.05, 0.1) is 16.8 Å². The van der Waals surface area contributed by atoms with Crippen molar-refractivity contribution < 1.29 is 8.42 Å². The second-order valence-electron chi connectivity index (χ2n) is 6.28. The van der Waals surface area contributed by atoms with E-state index in [9.17, 15) is 8.42 Å². The number of anilines is 2. The first-order chi connectivity index (χ1) is 12.9. The molecule has 0 atom stereocenters. The summed E-state index contributed by atoms with van der Waals surface area (Å²) >= 11 is 0. The predicted molar refractivity (Wildman–Crippen MR) is 111 cm³/mol. The van der Waals surface area contributed by atoms with Crippen LogP contribution < -0.4 is 10.1 Å². The van der Waals surface area contributed by atoms with E-state index in [4.69, 9.17) is 0 Å². The van der Waals surface area contributed by atoms with Crippen LogP contribution in [0.1, 0.15) is 16.7 Å². The smallest absolute Gasteiger partial charge is 0.261 e. The van der Waals surface area contributed by atoms with E-state index in [2.05, 4.69) is 15.2 Å². The van der Waals surface area contributed by atoms with Gasteiger partial charge in [-0.05, 0) is 55.8 Å². The van der Waals surface area contributed by atoms with E-state index >= 15 is 0 Å². The molecule has 3 rings (SSSR count). The van der Waals surface area contributed by atoms with Gasteiger partial charge >= 0.3 is 0 Å². The van der Waals surface area contributed by atoms with Crippen molar-refractivity contribution in [1.82, 2.24) is 0 Å². The molecule has 0 spiro atoms. The third-order valence-corrected chi connectivity index (χ3v) is 5.35. The fourth-order valence-electron chi connectivity index (χ4n) is 2.38. The highest BCUT2D eigenvalue weighted by Crippen LogP contribution is 2.18. The van der Waals surface area contributed by atoms with Gasteiger partial charge in [0.15, 0.2) is 0 Å². The van der Waals surface area contributed by atoms with E-state index in [1.807, 2.05) is 38.1 Å². The molecule has 0 radical (unpaired) electrons. The van der Waals surface area contributed by atoms with Crippen LogP contribution in [0, 0.1) is 13.8 Å². The Kier molecular flexibility index (Phi) is 5.57. The summed E-state index contributed by atoms with van der Waals surface area (Å²) in [5.41, 5.74) is 7.38. The minimum atomic E-state index is -3.60. The Morgan fingerprint density at radius 1 is 0.741 bits per heavy atom. The first-order valence-corrected chi connectivity index (χ1v) is 9.96. The highest BCUT2D eigenvalue weighted by atomic mass is 32.2. The Morgan fingerprint density at radius 3 is 1.85 bits per heavy atom. The highest BCUT2D eigenvalue weighted by molar-refractivity contribution is 7.92. The Morgan fingerprint density at radius 2 is 1.26 bits per heavy atom. The third-order valence-electron chi connectivity index (χ3n) is 3.95. The molecule has 138 valence electrons.